The van der Waals surface area contributed by atoms with Gasteiger partial charge in [-0.1, -0.05) is 12.1 Å². The molecule has 2 aromatic rings. The van der Waals surface area contributed by atoms with Gasteiger partial charge in [-0.3, -0.25) is 0 Å². The second kappa shape index (κ2) is 6.05. The Bertz CT molecular complexity index is 533. The van der Waals surface area contributed by atoms with E-state index in [-0.39, 0.29) is 6.04 Å². The molecule has 0 bridgehead atoms. The lowest BCUT2D eigenvalue weighted by Crippen LogP contribution is -2.34. The predicted octanol–water partition coefficient (Wildman–Crippen LogP) is 3.19. The highest BCUT2D eigenvalue weighted by Crippen LogP contribution is 2.27. The van der Waals surface area contributed by atoms with Gasteiger partial charge in [0.05, 0.1) is 24.9 Å². The molecule has 1 aromatic carbocycles. The van der Waals surface area contributed by atoms with Crippen molar-refractivity contribution in [2.45, 2.75) is 10.9 Å². The van der Waals surface area contributed by atoms with Crippen LogP contribution in [0.2, 0.25) is 0 Å². The molecule has 100 valence electrons. The average molecular weight is 292 g/mol. The van der Waals surface area contributed by atoms with Gasteiger partial charge in [0.1, 0.15) is 5.01 Å². The van der Waals surface area contributed by atoms with Crippen LogP contribution in [0.5, 0.6) is 0 Å². The van der Waals surface area contributed by atoms with Crippen LogP contribution in [-0.2, 0) is 4.74 Å². The molecule has 1 aliphatic heterocycles. The van der Waals surface area contributed by atoms with E-state index in [1.165, 1.54) is 10.5 Å². The summed E-state index contributed by atoms with van der Waals surface area (Å²) < 4.78 is 5.48. The van der Waals surface area contributed by atoms with E-state index in [0.29, 0.717) is 0 Å². The van der Waals surface area contributed by atoms with Gasteiger partial charge in [0.2, 0.25) is 0 Å². The SMILES string of the molecule is CSc1ccc(-c2csc(C3COCCN3)n2)cc1. The van der Waals surface area contributed by atoms with Gasteiger partial charge in [0.15, 0.2) is 0 Å². The molecule has 0 aliphatic carbocycles. The van der Waals surface area contributed by atoms with Crippen molar-refractivity contribution in [3.05, 3.63) is 34.7 Å². The summed E-state index contributed by atoms with van der Waals surface area (Å²) in [7, 11) is 0. The van der Waals surface area contributed by atoms with E-state index in [9.17, 15) is 0 Å². The molecule has 1 saturated heterocycles. The van der Waals surface area contributed by atoms with Crippen molar-refractivity contribution >= 4 is 23.1 Å². The molecule has 1 aliphatic rings. The maximum atomic E-state index is 5.48. The number of thioether (sulfide) groups is 1. The molecule has 2 heterocycles. The number of nitrogens with zero attached hydrogens (tertiary/aromatic N) is 1. The van der Waals surface area contributed by atoms with Gasteiger partial charge < -0.3 is 10.1 Å². The Balaban J connectivity index is 1.79. The maximum Gasteiger partial charge on any atom is 0.113 e. The number of morpholine rings is 1. The van der Waals surface area contributed by atoms with Crippen LogP contribution < -0.4 is 5.32 Å². The van der Waals surface area contributed by atoms with Gasteiger partial charge >= 0.3 is 0 Å². The van der Waals surface area contributed by atoms with Gasteiger partial charge in [-0.15, -0.1) is 23.1 Å². The first-order chi connectivity index (χ1) is 9.36. The zero-order chi connectivity index (χ0) is 13.1. The molecule has 3 nitrogen and oxygen atoms in total. The summed E-state index contributed by atoms with van der Waals surface area (Å²) in [5, 5.41) is 6.68. The minimum atomic E-state index is 0.248. The quantitative estimate of drug-likeness (QED) is 0.881. The van der Waals surface area contributed by atoms with Crippen LogP contribution >= 0.6 is 23.1 Å². The summed E-state index contributed by atoms with van der Waals surface area (Å²) in [6, 6.07) is 8.80. The zero-order valence-corrected chi connectivity index (χ0v) is 12.4. The fourth-order valence-corrected chi connectivity index (χ4v) is 3.36. The molecule has 0 radical (unpaired) electrons. The fourth-order valence-electron chi connectivity index (χ4n) is 2.07. The number of thiazole rings is 1. The first-order valence-electron chi connectivity index (χ1n) is 6.28. The summed E-state index contributed by atoms with van der Waals surface area (Å²) in [5.74, 6) is 0. The van der Waals surface area contributed by atoms with Gasteiger partial charge in [0.25, 0.3) is 0 Å². The van der Waals surface area contributed by atoms with Crippen LogP contribution in [0.1, 0.15) is 11.0 Å². The second-order valence-electron chi connectivity index (χ2n) is 4.38. The third-order valence-electron chi connectivity index (χ3n) is 3.13. The Labute approximate surface area is 121 Å². The van der Waals surface area contributed by atoms with Crippen LogP contribution in [0.4, 0.5) is 0 Å². The molecule has 5 heteroatoms. The zero-order valence-electron chi connectivity index (χ0n) is 10.8. The van der Waals surface area contributed by atoms with E-state index in [1.54, 1.807) is 23.1 Å². The predicted molar refractivity (Wildman–Crippen MR) is 80.9 cm³/mol. The van der Waals surface area contributed by atoms with E-state index in [0.717, 1.165) is 30.5 Å². The Morgan fingerprint density at radius 1 is 1.37 bits per heavy atom. The minimum absolute atomic E-state index is 0.248. The first-order valence-corrected chi connectivity index (χ1v) is 8.38. The number of ether oxygens (including phenoxy) is 1. The molecule has 19 heavy (non-hydrogen) atoms. The van der Waals surface area contributed by atoms with E-state index in [4.69, 9.17) is 9.72 Å². The molecule has 1 N–H and O–H groups in total. The monoisotopic (exact) mass is 292 g/mol. The highest BCUT2D eigenvalue weighted by Gasteiger charge is 2.18. The van der Waals surface area contributed by atoms with Gasteiger partial charge in [-0.2, -0.15) is 0 Å². The first kappa shape index (κ1) is 13.1. The topological polar surface area (TPSA) is 34.1 Å². The number of hydrogen-bond donors (Lipinski definition) is 1. The molecule has 0 spiro atoms. The summed E-state index contributed by atoms with van der Waals surface area (Å²) in [6.45, 7) is 2.42. The molecular weight excluding hydrogens is 276 g/mol. The lowest BCUT2D eigenvalue weighted by atomic mass is 10.2. The van der Waals surface area contributed by atoms with E-state index in [1.807, 2.05) is 0 Å². The highest BCUT2D eigenvalue weighted by atomic mass is 32.2. The van der Waals surface area contributed by atoms with Crippen molar-refractivity contribution in [3.8, 4) is 11.3 Å². The normalized spacial score (nSPS) is 19.5. The second-order valence-corrected chi connectivity index (χ2v) is 6.15. The van der Waals surface area contributed by atoms with E-state index < -0.39 is 0 Å². The highest BCUT2D eigenvalue weighted by molar-refractivity contribution is 7.98. The Kier molecular flexibility index (Phi) is 4.18. The van der Waals surface area contributed by atoms with Gasteiger partial charge in [-0.05, 0) is 18.4 Å². The number of nitrogens with one attached hydrogen (secondary N) is 1. The van der Waals surface area contributed by atoms with E-state index >= 15 is 0 Å². The molecule has 0 amide bonds. The third kappa shape index (κ3) is 3.00. The summed E-state index contributed by atoms with van der Waals surface area (Å²) in [4.78, 5) is 6.01. The van der Waals surface area contributed by atoms with Crippen LogP contribution in [0.15, 0.2) is 34.5 Å². The Morgan fingerprint density at radius 2 is 2.21 bits per heavy atom. The number of rotatable bonds is 3. The van der Waals surface area contributed by atoms with Crippen LogP contribution in [-0.4, -0.2) is 31.0 Å². The fraction of sp³-hybridized carbons (Fsp3) is 0.357. The standard InChI is InChI=1S/C14H16N2OS2/c1-18-11-4-2-10(3-5-11)13-9-19-14(16-13)12-8-17-7-6-15-12/h2-5,9,12,15H,6-8H2,1H3. The summed E-state index contributed by atoms with van der Waals surface area (Å²) in [6.07, 6.45) is 2.09. The van der Waals surface area contributed by atoms with Crippen molar-refractivity contribution in [1.29, 1.82) is 0 Å². The average Bonchev–Trinajstić information content (AvgIpc) is 2.98. The van der Waals surface area contributed by atoms with Crippen molar-refractivity contribution in [2.75, 3.05) is 26.0 Å². The molecule has 0 saturated carbocycles. The molecule has 1 aromatic heterocycles. The number of aromatic nitrogens is 1. The van der Waals surface area contributed by atoms with Gasteiger partial charge in [-0.25, -0.2) is 4.98 Å². The largest absolute Gasteiger partial charge is 0.378 e. The lowest BCUT2D eigenvalue weighted by molar-refractivity contribution is 0.0768. The Morgan fingerprint density at radius 3 is 2.89 bits per heavy atom. The third-order valence-corrected chi connectivity index (χ3v) is 4.83. The number of benzene rings is 1. The minimum Gasteiger partial charge on any atom is -0.378 e. The molecule has 1 fully saturated rings. The summed E-state index contributed by atoms with van der Waals surface area (Å²) >= 11 is 3.46. The van der Waals surface area contributed by atoms with Crippen LogP contribution in [0, 0.1) is 0 Å². The smallest absolute Gasteiger partial charge is 0.113 e. The van der Waals surface area contributed by atoms with Crippen molar-refractivity contribution in [2.24, 2.45) is 0 Å². The molecular formula is C14H16N2OS2. The van der Waals surface area contributed by atoms with Crippen LogP contribution in [0.3, 0.4) is 0 Å². The van der Waals surface area contributed by atoms with Crippen molar-refractivity contribution < 1.29 is 4.74 Å². The maximum absolute atomic E-state index is 5.48. The number of hydrogen-bond acceptors (Lipinski definition) is 5. The molecule has 1 atom stereocenters. The molecule has 3 rings (SSSR count). The lowest BCUT2D eigenvalue weighted by Gasteiger charge is -2.21. The summed E-state index contributed by atoms with van der Waals surface area (Å²) in [5.41, 5.74) is 2.23. The van der Waals surface area contributed by atoms with Gasteiger partial charge in [0, 0.05) is 22.4 Å². The van der Waals surface area contributed by atoms with E-state index in [2.05, 4.69) is 41.2 Å². The molecule has 1 unspecified atom stereocenters. The van der Waals surface area contributed by atoms with Crippen molar-refractivity contribution in [3.63, 3.8) is 0 Å². The van der Waals surface area contributed by atoms with Crippen LogP contribution in [0.25, 0.3) is 11.3 Å². The van der Waals surface area contributed by atoms with Crippen molar-refractivity contribution in [1.82, 2.24) is 10.3 Å². The Hall–Kier alpha value is -0.880.